The smallest absolute Gasteiger partial charge is 0.246 e. The van der Waals surface area contributed by atoms with Crippen LogP contribution >= 0.6 is 0 Å². The molecule has 7 heteroatoms. The van der Waals surface area contributed by atoms with Crippen molar-refractivity contribution in [2.45, 2.75) is 30.6 Å². The molecule has 1 fully saturated rings. The van der Waals surface area contributed by atoms with E-state index in [0.717, 1.165) is 24.4 Å². The fourth-order valence-corrected chi connectivity index (χ4v) is 4.41. The van der Waals surface area contributed by atoms with Crippen LogP contribution in [-0.2, 0) is 10.0 Å². The Morgan fingerprint density at radius 1 is 1.36 bits per heavy atom. The minimum absolute atomic E-state index is 0.0176. The third kappa shape index (κ3) is 2.78. The highest BCUT2D eigenvalue weighted by atomic mass is 32.2. The number of rotatable bonds is 3. The van der Waals surface area contributed by atoms with E-state index in [0.29, 0.717) is 13.1 Å². The lowest BCUT2D eigenvalue weighted by molar-refractivity contribution is 0.309. The summed E-state index contributed by atoms with van der Waals surface area (Å²) in [5.41, 5.74) is 0.948. The number of piperidine rings is 1. The Kier molecular flexibility index (Phi) is 4.01. The van der Waals surface area contributed by atoms with E-state index in [-0.39, 0.29) is 10.8 Å². The number of imidazole rings is 1. The highest BCUT2D eigenvalue weighted by Gasteiger charge is 2.33. The molecule has 0 bridgehead atoms. The quantitative estimate of drug-likeness (QED) is 0.943. The molecule has 0 saturated carbocycles. The molecule has 5 nitrogen and oxygen atoms in total. The van der Waals surface area contributed by atoms with E-state index in [1.807, 2.05) is 6.92 Å². The first-order valence-corrected chi connectivity index (χ1v) is 8.68. The average molecular weight is 323 g/mol. The van der Waals surface area contributed by atoms with E-state index in [2.05, 4.69) is 9.97 Å². The summed E-state index contributed by atoms with van der Waals surface area (Å²) < 4.78 is 40.5. The van der Waals surface area contributed by atoms with Gasteiger partial charge in [-0.3, -0.25) is 0 Å². The van der Waals surface area contributed by atoms with Gasteiger partial charge in [0.1, 0.15) is 16.5 Å². The monoisotopic (exact) mass is 323 g/mol. The zero-order valence-electron chi connectivity index (χ0n) is 12.3. The first-order valence-electron chi connectivity index (χ1n) is 7.24. The largest absolute Gasteiger partial charge is 0.346 e. The van der Waals surface area contributed by atoms with Crippen molar-refractivity contribution in [1.82, 2.24) is 14.3 Å². The van der Waals surface area contributed by atoms with Gasteiger partial charge in [-0.25, -0.2) is 17.8 Å². The summed E-state index contributed by atoms with van der Waals surface area (Å²) in [6, 6.07) is 5.50. The van der Waals surface area contributed by atoms with E-state index in [4.69, 9.17) is 0 Å². The summed E-state index contributed by atoms with van der Waals surface area (Å²) in [6.07, 6.45) is 3.34. The predicted octanol–water partition coefficient (Wildman–Crippen LogP) is 2.43. The SMILES string of the molecule is Cc1cnc([C@@H]2CCCN(S(=O)(=O)c3ccccc3F)C2)[nH]1. The molecule has 0 spiro atoms. The lowest BCUT2D eigenvalue weighted by atomic mass is 9.99. The molecular formula is C15H18FN3O2S. The minimum atomic E-state index is -3.81. The number of benzene rings is 1. The lowest BCUT2D eigenvalue weighted by Crippen LogP contribution is -2.39. The van der Waals surface area contributed by atoms with Crippen LogP contribution in [0.1, 0.15) is 30.3 Å². The van der Waals surface area contributed by atoms with Crippen molar-refractivity contribution in [2.75, 3.05) is 13.1 Å². The maximum absolute atomic E-state index is 13.8. The summed E-state index contributed by atoms with van der Waals surface area (Å²) >= 11 is 0. The van der Waals surface area contributed by atoms with Gasteiger partial charge in [-0.15, -0.1) is 0 Å². The fraction of sp³-hybridized carbons (Fsp3) is 0.400. The second-order valence-electron chi connectivity index (χ2n) is 5.58. The minimum Gasteiger partial charge on any atom is -0.346 e. The molecule has 1 aromatic carbocycles. The number of aromatic nitrogens is 2. The Morgan fingerprint density at radius 2 is 2.14 bits per heavy atom. The van der Waals surface area contributed by atoms with E-state index in [9.17, 15) is 12.8 Å². The lowest BCUT2D eigenvalue weighted by Gasteiger charge is -2.31. The summed E-state index contributed by atoms with van der Waals surface area (Å²) in [5, 5.41) is 0. The van der Waals surface area contributed by atoms with Gasteiger partial charge in [-0.05, 0) is 31.9 Å². The molecule has 0 unspecified atom stereocenters. The third-order valence-corrected chi connectivity index (χ3v) is 5.85. The van der Waals surface area contributed by atoms with Crippen molar-refractivity contribution in [2.24, 2.45) is 0 Å². The van der Waals surface area contributed by atoms with Crippen molar-refractivity contribution < 1.29 is 12.8 Å². The maximum atomic E-state index is 13.8. The van der Waals surface area contributed by atoms with Gasteiger partial charge in [0.25, 0.3) is 0 Å². The van der Waals surface area contributed by atoms with Crippen molar-refractivity contribution in [1.29, 1.82) is 0 Å². The van der Waals surface area contributed by atoms with Gasteiger partial charge >= 0.3 is 0 Å². The number of nitrogens with one attached hydrogen (secondary N) is 1. The molecule has 1 aliphatic rings. The Bertz CT molecular complexity index is 773. The second kappa shape index (κ2) is 5.81. The molecule has 1 aliphatic heterocycles. The normalized spacial score (nSPS) is 20.2. The molecule has 3 rings (SSSR count). The second-order valence-corrected chi connectivity index (χ2v) is 7.49. The van der Waals surface area contributed by atoms with Crippen LogP contribution in [0.15, 0.2) is 35.4 Å². The van der Waals surface area contributed by atoms with E-state index in [1.165, 1.54) is 28.6 Å². The third-order valence-electron chi connectivity index (χ3n) is 3.95. The summed E-state index contributed by atoms with van der Waals surface area (Å²) in [7, 11) is -3.81. The van der Waals surface area contributed by atoms with Crippen molar-refractivity contribution >= 4 is 10.0 Å². The molecule has 1 N–H and O–H groups in total. The number of H-pyrrole nitrogens is 1. The molecular weight excluding hydrogens is 305 g/mol. The van der Waals surface area contributed by atoms with Crippen molar-refractivity contribution in [3.8, 4) is 0 Å². The van der Waals surface area contributed by atoms with Gasteiger partial charge in [0.2, 0.25) is 10.0 Å². The molecule has 118 valence electrons. The standard InChI is InChI=1S/C15H18FN3O2S/c1-11-9-17-15(18-11)12-5-4-8-19(10-12)22(20,21)14-7-3-2-6-13(14)16/h2-3,6-7,9,12H,4-5,8,10H2,1H3,(H,17,18)/t12-/m1/s1. The molecule has 2 aromatic rings. The van der Waals surface area contributed by atoms with Gasteiger partial charge in [0, 0.05) is 30.9 Å². The predicted molar refractivity (Wildman–Crippen MR) is 80.5 cm³/mol. The fourth-order valence-electron chi connectivity index (χ4n) is 2.82. The Hall–Kier alpha value is -1.73. The van der Waals surface area contributed by atoms with Crippen molar-refractivity contribution in [3.63, 3.8) is 0 Å². The maximum Gasteiger partial charge on any atom is 0.246 e. The molecule has 0 aliphatic carbocycles. The van der Waals surface area contributed by atoms with Crippen LogP contribution in [0.5, 0.6) is 0 Å². The molecule has 0 amide bonds. The van der Waals surface area contributed by atoms with Crippen LogP contribution in [0.4, 0.5) is 4.39 Å². The van der Waals surface area contributed by atoms with Gasteiger partial charge in [-0.1, -0.05) is 12.1 Å². The summed E-state index contributed by atoms with van der Waals surface area (Å²) in [4.78, 5) is 7.20. The highest BCUT2D eigenvalue weighted by molar-refractivity contribution is 7.89. The Balaban J connectivity index is 1.87. The van der Waals surface area contributed by atoms with E-state index < -0.39 is 15.8 Å². The van der Waals surface area contributed by atoms with Crippen LogP contribution in [-0.4, -0.2) is 35.8 Å². The number of sulfonamides is 1. The molecule has 2 heterocycles. The van der Waals surface area contributed by atoms with Crippen LogP contribution in [0.25, 0.3) is 0 Å². The zero-order chi connectivity index (χ0) is 15.7. The van der Waals surface area contributed by atoms with Gasteiger partial charge in [-0.2, -0.15) is 4.31 Å². The van der Waals surface area contributed by atoms with Gasteiger partial charge in [0.15, 0.2) is 0 Å². The number of halogens is 1. The Labute approximate surface area is 129 Å². The van der Waals surface area contributed by atoms with Crippen molar-refractivity contribution in [3.05, 3.63) is 47.8 Å². The molecule has 1 aromatic heterocycles. The van der Waals surface area contributed by atoms with E-state index in [1.54, 1.807) is 6.20 Å². The highest BCUT2D eigenvalue weighted by Crippen LogP contribution is 2.29. The molecule has 1 atom stereocenters. The van der Waals surface area contributed by atoms with Gasteiger partial charge in [0.05, 0.1) is 0 Å². The Morgan fingerprint density at radius 3 is 2.82 bits per heavy atom. The topological polar surface area (TPSA) is 66.1 Å². The summed E-state index contributed by atoms with van der Waals surface area (Å²) in [5.74, 6) is 0.105. The number of aromatic amines is 1. The molecule has 1 saturated heterocycles. The van der Waals surface area contributed by atoms with Crippen LogP contribution in [0, 0.1) is 12.7 Å². The zero-order valence-corrected chi connectivity index (χ0v) is 13.1. The van der Waals surface area contributed by atoms with Crippen LogP contribution in [0.2, 0.25) is 0 Å². The first-order chi connectivity index (χ1) is 10.5. The molecule has 22 heavy (non-hydrogen) atoms. The summed E-state index contributed by atoms with van der Waals surface area (Å²) in [6.45, 7) is 2.64. The number of nitrogens with zero attached hydrogens (tertiary/aromatic N) is 2. The first kappa shape index (κ1) is 15.2. The van der Waals surface area contributed by atoms with Crippen LogP contribution < -0.4 is 0 Å². The molecule has 0 radical (unpaired) electrons. The number of hydrogen-bond acceptors (Lipinski definition) is 3. The average Bonchev–Trinajstić information content (AvgIpc) is 2.94. The van der Waals surface area contributed by atoms with Crippen LogP contribution in [0.3, 0.4) is 0 Å². The van der Waals surface area contributed by atoms with Gasteiger partial charge < -0.3 is 4.98 Å². The number of aryl methyl sites for hydroxylation is 1. The number of hydrogen-bond donors (Lipinski definition) is 1. The van der Waals surface area contributed by atoms with E-state index >= 15 is 0 Å².